The maximum atomic E-state index is 13.4. The van der Waals surface area contributed by atoms with Gasteiger partial charge in [-0.25, -0.2) is 13.9 Å². The summed E-state index contributed by atoms with van der Waals surface area (Å²) in [4.78, 5) is 18.2. The quantitative estimate of drug-likeness (QED) is 0.768. The second-order valence-electron chi connectivity index (χ2n) is 7.09. The molecule has 2 N–H and O–H groups in total. The molecule has 0 bridgehead atoms. The number of aromatic nitrogens is 3. The van der Waals surface area contributed by atoms with Crippen molar-refractivity contribution in [2.45, 2.75) is 31.5 Å². The fourth-order valence-corrected chi connectivity index (χ4v) is 3.52. The smallest absolute Gasteiger partial charge is 0.240 e. The normalized spacial score (nSPS) is 19.4. The van der Waals surface area contributed by atoms with E-state index in [2.05, 4.69) is 10.1 Å². The van der Waals surface area contributed by atoms with Crippen LogP contribution in [-0.2, 0) is 4.79 Å². The number of carbonyl (C=O) groups excluding carboxylic acids is 1. The number of alkyl halides is 1. The van der Waals surface area contributed by atoms with Gasteiger partial charge in [-0.3, -0.25) is 4.79 Å². The van der Waals surface area contributed by atoms with Gasteiger partial charge in [0.2, 0.25) is 5.91 Å². The number of fused-ring (bicyclic) bond motifs is 1. The second-order valence-corrected chi connectivity index (χ2v) is 7.09. The third kappa shape index (κ3) is 3.42. The average Bonchev–Trinajstić information content (AvgIpc) is 3.34. The Hall–Kier alpha value is -2.80. The molecule has 1 amide bonds. The zero-order valence-electron chi connectivity index (χ0n) is 15.1. The van der Waals surface area contributed by atoms with Gasteiger partial charge >= 0.3 is 0 Å². The van der Waals surface area contributed by atoms with Crippen molar-refractivity contribution in [2.75, 3.05) is 13.1 Å². The maximum Gasteiger partial charge on any atom is 0.240 e. The van der Waals surface area contributed by atoms with E-state index < -0.39 is 12.2 Å². The Kier molecular flexibility index (Phi) is 4.61. The highest BCUT2D eigenvalue weighted by Crippen LogP contribution is 2.25. The predicted molar refractivity (Wildman–Crippen MR) is 101 cm³/mol. The fraction of sp³-hybridized carbons (Fsp3) is 0.350. The first kappa shape index (κ1) is 17.6. The van der Waals surface area contributed by atoms with Gasteiger partial charge in [0.1, 0.15) is 12.5 Å². The molecule has 3 aromatic rings. The van der Waals surface area contributed by atoms with Crippen LogP contribution in [0.2, 0.25) is 0 Å². The number of halogens is 1. The summed E-state index contributed by atoms with van der Waals surface area (Å²) in [7, 11) is 0. The number of hydrogen-bond acceptors (Lipinski definition) is 4. The van der Waals surface area contributed by atoms with Gasteiger partial charge in [0, 0.05) is 24.2 Å². The van der Waals surface area contributed by atoms with Gasteiger partial charge in [0.15, 0.2) is 5.65 Å². The molecule has 1 unspecified atom stereocenters. The van der Waals surface area contributed by atoms with Crippen molar-refractivity contribution in [3.05, 3.63) is 54.5 Å². The molecule has 1 aromatic carbocycles. The molecule has 3 heterocycles. The number of nitrogens with two attached hydrogens (primary N) is 1. The van der Waals surface area contributed by atoms with Gasteiger partial charge in [0.05, 0.1) is 12.6 Å². The molecule has 1 fully saturated rings. The van der Waals surface area contributed by atoms with E-state index in [1.165, 1.54) is 11.2 Å². The number of hydrogen-bond donors (Lipinski definition) is 1. The van der Waals surface area contributed by atoms with E-state index in [1.807, 2.05) is 49.5 Å². The minimum absolute atomic E-state index is 0.150. The standard InChI is InChI=1S/C20H22FN5O/c1-13(19(22)20(27)25-9-8-17(21)11-25)14-2-4-15(5-3-14)16-6-7-18-23-12-24-26(18)10-16/h2-7,10,12-13,17,19H,8-9,11,22H2,1H3/t13?,17-,19+/m1/s1. The van der Waals surface area contributed by atoms with Gasteiger partial charge in [-0.15, -0.1) is 0 Å². The number of rotatable bonds is 4. The molecule has 1 aliphatic rings. The van der Waals surface area contributed by atoms with Crippen LogP contribution in [0.1, 0.15) is 24.8 Å². The van der Waals surface area contributed by atoms with Crippen molar-refractivity contribution in [1.82, 2.24) is 19.5 Å². The fourth-order valence-electron chi connectivity index (χ4n) is 3.52. The first-order valence-electron chi connectivity index (χ1n) is 9.11. The molecule has 27 heavy (non-hydrogen) atoms. The summed E-state index contributed by atoms with van der Waals surface area (Å²) in [6, 6.07) is 11.2. The Bertz CT molecular complexity index is 954. The van der Waals surface area contributed by atoms with Gasteiger partial charge in [0.25, 0.3) is 0 Å². The van der Waals surface area contributed by atoms with Crippen LogP contribution in [0.3, 0.4) is 0 Å². The van der Waals surface area contributed by atoms with Crippen molar-refractivity contribution in [1.29, 1.82) is 0 Å². The molecule has 0 spiro atoms. The molecule has 140 valence electrons. The SMILES string of the molecule is CC(c1ccc(-c2ccc3ncnn3c2)cc1)[C@H](N)C(=O)N1CC[C@@H](F)C1. The lowest BCUT2D eigenvalue weighted by Gasteiger charge is -2.25. The number of nitrogens with zero attached hydrogens (tertiary/aromatic N) is 4. The lowest BCUT2D eigenvalue weighted by molar-refractivity contribution is -0.132. The minimum atomic E-state index is -0.932. The molecule has 0 aliphatic carbocycles. The van der Waals surface area contributed by atoms with E-state index in [4.69, 9.17) is 5.73 Å². The van der Waals surface area contributed by atoms with Gasteiger partial charge in [-0.05, 0) is 29.7 Å². The lowest BCUT2D eigenvalue weighted by Crippen LogP contribution is -2.45. The molecule has 7 heteroatoms. The van der Waals surface area contributed by atoms with E-state index in [9.17, 15) is 9.18 Å². The van der Waals surface area contributed by atoms with Crippen LogP contribution in [0.15, 0.2) is 48.9 Å². The highest BCUT2D eigenvalue weighted by Gasteiger charge is 2.32. The van der Waals surface area contributed by atoms with Crippen molar-refractivity contribution in [3.8, 4) is 11.1 Å². The topological polar surface area (TPSA) is 76.5 Å². The van der Waals surface area contributed by atoms with Crippen LogP contribution in [-0.4, -0.2) is 50.7 Å². The number of carbonyl (C=O) groups is 1. The maximum absolute atomic E-state index is 13.4. The van der Waals surface area contributed by atoms with E-state index in [1.54, 1.807) is 4.52 Å². The third-order valence-corrected chi connectivity index (χ3v) is 5.31. The second kappa shape index (κ2) is 7.08. The van der Waals surface area contributed by atoms with Crippen molar-refractivity contribution in [3.63, 3.8) is 0 Å². The summed E-state index contributed by atoms with van der Waals surface area (Å²) < 4.78 is 15.1. The molecule has 0 radical (unpaired) electrons. The molecule has 1 saturated heterocycles. The van der Waals surface area contributed by atoms with Crippen LogP contribution in [0, 0.1) is 0 Å². The van der Waals surface area contributed by atoms with E-state index in [-0.39, 0.29) is 18.4 Å². The Morgan fingerprint density at radius 3 is 2.67 bits per heavy atom. The van der Waals surface area contributed by atoms with Crippen LogP contribution in [0.5, 0.6) is 0 Å². The van der Waals surface area contributed by atoms with Crippen LogP contribution < -0.4 is 5.73 Å². The van der Waals surface area contributed by atoms with Gasteiger partial charge in [-0.1, -0.05) is 31.2 Å². The number of likely N-dealkylation sites (tertiary alicyclic amines) is 1. The average molecular weight is 367 g/mol. The Labute approximate surface area is 156 Å². The lowest BCUT2D eigenvalue weighted by atomic mass is 9.91. The molecular formula is C20H22FN5O. The van der Waals surface area contributed by atoms with Gasteiger partial charge in [-0.2, -0.15) is 5.10 Å². The summed E-state index contributed by atoms with van der Waals surface area (Å²) >= 11 is 0. The first-order valence-corrected chi connectivity index (χ1v) is 9.11. The third-order valence-electron chi connectivity index (χ3n) is 5.31. The summed E-state index contributed by atoms with van der Waals surface area (Å²) in [6.45, 7) is 2.54. The van der Waals surface area contributed by atoms with Crippen molar-refractivity contribution >= 4 is 11.6 Å². The summed E-state index contributed by atoms with van der Waals surface area (Å²) in [5.41, 5.74) is 10.0. The Morgan fingerprint density at radius 1 is 1.22 bits per heavy atom. The van der Waals surface area contributed by atoms with Crippen molar-refractivity contribution in [2.24, 2.45) is 5.73 Å². The molecule has 6 nitrogen and oxygen atoms in total. The van der Waals surface area contributed by atoms with Crippen molar-refractivity contribution < 1.29 is 9.18 Å². The predicted octanol–water partition coefficient (Wildman–Crippen LogP) is 2.40. The van der Waals surface area contributed by atoms with E-state index in [0.29, 0.717) is 13.0 Å². The Balaban J connectivity index is 1.50. The van der Waals surface area contributed by atoms with E-state index >= 15 is 0 Å². The summed E-state index contributed by atoms with van der Waals surface area (Å²) in [5, 5.41) is 4.16. The number of amides is 1. The Morgan fingerprint density at radius 2 is 1.96 bits per heavy atom. The van der Waals surface area contributed by atoms with Crippen LogP contribution in [0.4, 0.5) is 4.39 Å². The largest absolute Gasteiger partial charge is 0.338 e. The highest BCUT2D eigenvalue weighted by molar-refractivity contribution is 5.83. The van der Waals surface area contributed by atoms with Crippen LogP contribution >= 0.6 is 0 Å². The van der Waals surface area contributed by atoms with E-state index in [0.717, 1.165) is 22.3 Å². The first-order chi connectivity index (χ1) is 13.0. The molecule has 0 saturated carbocycles. The summed E-state index contributed by atoms with van der Waals surface area (Å²) in [5.74, 6) is -0.327. The molecular weight excluding hydrogens is 345 g/mol. The summed E-state index contributed by atoms with van der Waals surface area (Å²) in [6.07, 6.45) is 2.92. The molecule has 1 aliphatic heterocycles. The zero-order valence-corrected chi connectivity index (χ0v) is 15.1. The molecule has 4 rings (SSSR count). The molecule has 3 atom stereocenters. The number of benzene rings is 1. The molecule has 2 aromatic heterocycles. The van der Waals surface area contributed by atoms with Crippen LogP contribution in [0.25, 0.3) is 16.8 Å². The minimum Gasteiger partial charge on any atom is -0.338 e. The monoisotopic (exact) mass is 367 g/mol. The van der Waals surface area contributed by atoms with Gasteiger partial charge < -0.3 is 10.6 Å². The number of pyridine rings is 1. The zero-order chi connectivity index (χ0) is 19.0. The highest BCUT2D eigenvalue weighted by atomic mass is 19.1.